The van der Waals surface area contributed by atoms with Crippen molar-refractivity contribution in [1.82, 2.24) is 4.57 Å². The van der Waals surface area contributed by atoms with Crippen molar-refractivity contribution >= 4 is 53.4 Å². The molecule has 0 spiro atoms. The fraction of sp³-hybridized carbons (Fsp3) is 0.250. The number of aryl methyl sites for hydroxylation is 2. The van der Waals surface area contributed by atoms with Gasteiger partial charge in [0.05, 0.1) is 48.9 Å². The Morgan fingerprint density at radius 3 is 2.04 bits per heavy atom. The topological polar surface area (TPSA) is 166 Å². The van der Waals surface area contributed by atoms with E-state index in [1.165, 1.54) is 0 Å². The maximum atomic E-state index is 11.4. The molecular weight excluding hydrogens is 582 g/mol. The summed E-state index contributed by atoms with van der Waals surface area (Å²) < 4.78 is 13.5. The summed E-state index contributed by atoms with van der Waals surface area (Å²) in [6.07, 6.45) is 6.31. The second kappa shape index (κ2) is 15.5. The second-order valence-electron chi connectivity index (χ2n) is 9.76. The van der Waals surface area contributed by atoms with Gasteiger partial charge in [-0.3, -0.25) is 19.2 Å². The normalized spacial score (nSPS) is 12.7. The van der Waals surface area contributed by atoms with Crippen LogP contribution in [0.3, 0.4) is 0 Å². The Bertz CT molecular complexity index is 1600. The number of nitrogens with zero attached hydrogens (tertiary/aromatic N) is 5. The fourth-order valence-electron chi connectivity index (χ4n) is 5.18. The molecule has 2 N–H and O–H groups in total. The molecule has 3 aromatic rings. The molecule has 13 heteroatoms. The molecule has 0 aliphatic carbocycles. The summed E-state index contributed by atoms with van der Waals surface area (Å²) >= 11 is 0. The van der Waals surface area contributed by atoms with Crippen LogP contribution in [0.1, 0.15) is 18.7 Å². The van der Waals surface area contributed by atoms with Gasteiger partial charge in [-0.2, -0.15) is 5.26 Å². The number of anilines is 2. The number of aliphatic carboxylic acids is 2. The molecule has 45 heavy (non-hydrogen) atoms. The van der Waals surface area contributed by atoms with E-state index in [0.717, 1.165) is 22.4 Å². The van der Waals surface area contributed by atoms with Crippen molar-refractivity contribution in [2.24, 2.45) is 0 Å². The third kappa shape index (κ3) is 7.74. The van der Waals surface area contributed by atoms with Gasteiger partial charge in [0.2, 0.25) is 0 Å². The van der Waals surface area contributed by atoms with Crippen LogP contribution < -0.4 is 14.4 Å². The molecule has 1 aliphatic rings. The minimum absolute atomic E-state index is 0.111. The number of imidazole rings is 1. The van der Waals surface area contributed by atoms with E-state index in [2.05, 4.69) is 6.07 Å². The van der Waals surface area contributed by atoms with Crippen LogP contribution in [-0.2, 0) is 41.7 Å². The number of hydrogen-bond donors (Lipinski definition) is 2. The van der Waals surface area contributed by atoms with Crippen molar-refractivity contribution in [3.8, 4) is 6.07 Å². The first kappa shape index (κ1) is 32.0. The molecule has 1 aromatic heterocycles. The zero-order valence-corrected chi connectivity index (χ0v) is 24.3. The molecule has 0 atom stereocenters. The number of fused-ring (bicyclic) bond motifs is 2. The summed E-state index contributed by atoms with van der Waals surface area (Å²) in [4.78, 5) is 48.3. The Balaban J connectivity index is 1.76. The Morgan fingerprint density at radius 2 is 1.47 bits per heavy atom. The molecule has 4 rings (SSSR count). The summed E-state index contributed by atoms with van der Waals surface area (Å²) in [6.45, 7) is 1.89. The van der Waals surface area contributed by atoms with Crippen LogP contribution in [0.5, 0.6) is 0 Å². The molecule has 0 radical (unpaired) electrons. The maximum Gasteiger partial charge on any atom is 0.307 e. The van der Waals surface area contributed by atoms with Gasteiger partial charge in [0.15, 0.2) is 11.0 Å². The van der Waals surface area contributed by atoms with Gasteiger partial charge in [-0.25, -0.2) is 9.13 Å². The molecule has 2 aromatic carbocycles. The van der Waals surface area contributed by atoms with Crippen molar-refractivity contribution in [1.29, 1.82) is 5.26 Å². The average Bonchev–Trinajstić information content (AvgIpc) is 3.50. The van der Waals surface area contributed by atoms with Crippen LogP contribution >= 0.6 is 0 Å². The highest BCUT2D eigenvalue weighted by Crippen LogP contribution is 2.41. The largest absolute Gasteiger partial charge is 0.481 e. The third-order valence-electron chi connectivity index (χ3n) is 7.09. The Kier molecular flexibility index (Phi) is 11.1. The van der Waals surface area contributed by atoms with Crippen molar-refractivity contribution in [2.75, 3.05) is 36.1 Å². The van der Waals surface area contributed by atoms with Gasteiger partial charge in [0.1, 0.15) is 32.1 Å². The van der Waals surface area contributed by atoms with Crippen LogP contribution in [0.25, 0.3) is 17.1 Å². The van der Waals surface area contributed by atoms with Gasteiger partial charge in [-0.05, 0) is 42.5 Å². The fourth-order valence-corrected chi connectivity index (χ4v) is 5.18. The van der Waals surface area contributed by atoms with E-state index in [0.29, 0.717) is 37.7 Å². The van der Waals surface area contributed by atoms with Gasteiger partial charge < -0.3 is 29.5 Å². The van der Waals surface area contributed by atoms with E-state index in [4.69, 9.17) is 9.47 Å². The molecule has 0 bridgehead atoms. The van der Waals surface area contributed by atoms with E-state index in [1.54, 1.807) is 33.4 Å². The van der Waals surface area contributed by atoms with Gasteiger partial charge in [0.25, 0.3) is 18.8 Å². The average molecular weight is 615 g/mol. The number of nitriles is 1. The van der Waals surface area contributed by atoms with Crippen molar-refractivity contribution < 1.29 is 43.4 Å². The minimum atomic E-state index is -0.979. The van der Waals surface area contributed by atoms with Gasteiger partial charge in [0, 0.05) is 6.08 Å². The number of carboxylic acids is 2. The molecular formula is C32H32N5O8+. The van der Waals surface area contributed by atoms with E-state index in [1.807, 2.05) is 58.3 Å². The van der Waals surface area contributed by atoms with Crippen LogP contribution in [0.15, 0.2) is 78.2 Å². The zero-order chi connectivity index (χ0) is 32.2. The summed E-state index contributed by atoms with van der Waals surface area (Å²) in [6, 6.07) is 17.0. The van der Waals surface area contributed by atoms with Crippen LogP contribution in [-0.4, -0.2) is 66.0 Å². The Morgan fingerprint density at radius 1 is 0.867 bits per heavy atom. The number of carbonyl (C=O) groups is 4. The smallest absolute Gasteiger partial charge is 0.307 e. The second-order valence-corrected chi connectivity index (χ2v) is 9.76. The van der Waals surface area contributed by atoms with E-state index in [9.17, 15) is 34.7 Å². The highest BCUT2D eigenvalue weighted by Gasteiger charge is 2.30. The molecule has 232 valence electrons. The van der Waals surface area contributed by atoms with E-state index >= 15 is 0 Å². The highest BCUT2D eigenvalue weighted by atomic mass is 16.5. The lowest BCUT2D eigenvalue weighted by molar-refractivity contribution is -0.673. The SMILES string of the molecule is N#CC(=C\C=C1N(CCOC=O)c2ccccc2N1CCOC=O)/C=C/c1n(CCC(=O)O)c2ccccc2[n+]1CCC(=O)O. The van der Waals surface area contributed by atoms with Crippen molar-refractivity contribution in [3.05, 3.63) is 84.0 Å². The molecule has 13 nitrogen and oxygen atoms in total. The predicted octanol–water partition coefficient (Wildman–Crippen LogP) is 2.86. The highest BCUT2D eigenvalue weighted by molar-refractivity contribution is 5.83. The van der Waals surface area contributed by atoms with Crippen molar-refractivity contribution in [3.63, 3.8) is 0 Å². The number of aromatic nitrogens is 2. The number of ether oxygens (including phenoxy) is 2. The first-order valence-electron chi connectivity index (χ1n) is 14.1. The van der Waals surface area contributed by atoms with Crippen LogP contribution in [0.4, 0.5) is 11.4 Å². The first-order valence-corrected chi connectivity index (χ1v) is 14.1. The number of carbonyl (C=O) groups excluding carboxylic acids is 2. The number of hydrogen-bond acceptors (Lipinski definition) is 9. The maximum absolute atomic E-state index is 11.4. The van der Waals surface area contributed by atoms with E-state index in [-0.39, 0.29) is 44.7 Å². The molecule has 1 aliphatic heterocycles. The van der Waals surface area contributed by atoms with E-state index < -0.39 is 11.9 Å². The summed E-state index contributed by atoms with van der Waals surface area (Å²) in [5.41, 5.74) is 3.41. The van der Waals surface area contributed by atoms with Crippen LogP contribution in [0, 0.1) is 11.3 Å². The summed E-state index contributed by atoms with van der Waals surface area (Å²) in [5, 5.41) is 28.8. The third-order valence-corrected chi connectivity index (χ3v) is 7.09. The molecule has 0 saturated heterocycles. The monoisotopic (exact) mass is 614 g/mol. The first-order chi connectivity index (χ1) is 21.9. The van der Waals surface area contributed by atoms with Gasteiger partial charge >= 0.3 is 11.9 Å². The molecule has 2 heterocycles. The quantitative estimate of drug-likeness (QED) is 0.0755. The predicted molar refractivity (Wildman–Crippen MR) is 163 cm³/mol. The zero-order valence-electron chi connectivity index (χ0n) is 24.3. The number of benzene rings is 2. The molecule has 0 saturated carbocycles. The molecule has 0 unspecified atom stereocenters. The molecule has 0 fully saturated rings. The number of carboxylic acid groups (broad SMARTS) is 2. The van der Waals surface area contributed by atoms with Crippen molar-refractivity contribution in [2.45, 2.75) is 25.9 Å². The summed E-state index contributed by atoms with van der Waals surface area (Å²) in [7, 11) is 0. The molecule has 0 amide bonds. The van der Waals surface area contributed by atoms with Crippen LogP contribution in [0.2, 0.25) is 0 Å². The lowest BCUT2D eigenvalue weighted by Gasteiger charge is -2.24. The summed E-state index contributed by atoms with van der Waals surface area (Å²) in [5.74, 6) is -0.755. The number of allylic oxidation sites excluding steroid dienone is 4. The Labute approximate surface area is 258 Å². The number of rotatable bonds is 17. The van der Waals surface area contributed by atoms with Gasteiger partial charge in [-0.1, -0.05) is 24.3 Å². The minimum Gasteiger partial charge on any atom is -0.481 e. The number of para-hydroxylation sites is 4. The van der Waals surface area contributed by atoms with Gasteiger partial charge in [-0.15, -0.1) is 0 Å². The standard InChI is InChI=1S/C32H31N5O8/c33-21-24(9-11-29-34(15-13-31(40)41)25-5-1-2-6-26(25)35(29)16-14-32(42)43)10-12-30-36(17-19-44-22-38)27-7-3-4-8-28(27)37(30)18-20-45-23-39/h1-12,22-23H,13-20H2,(H-,40,41,42,43)/p+1. The Hall–Kier alpha value is -5.90. The lowest BCUT2D eigenvalue weighted by atomic mass is 10.2. The lowest BCUT2D eigenvalue weighted by Crippen LogP contribution is -2.37.